The molecule has 5 heteroatoms. The van der Waals surface area contributed by atoms with Crippen molar-refractivity contribution in [3.05, 3.63) is 54.1 Å². The van der Waals surface area contributed by atoms with Gasteiger partial charge in [0, 0.05) is 38.4 Å². The monoisotopic (exact) mass is 298 g/mol. The van der Waals surface area contributed by atoms with Crippen molar-refractivity contribution in [3.8, 4) is 0 Å². The van der Waals surface area contributed by atoms with Gasteiger partial charge in [-0.05, 0) is 19.0 Å². The molecule has 1 fully saturated rings. The molecule has 2 aromatic rings. The third-order valence-electron chi connectivity index (χ3n) is 4.31. The summed E-state index contributed by atoms with van der Waals surface area (Å²) in [5, 5.41) is 0. The lowest BCUT2D eigenvalue weighted by Crippen LogP contribution is -2.49. The average Bonchev–Trinajstić information content (AvgIpc) is 3.08. The second-order valence-electron chi connectivity index (χ2n) is 5.80. The molecule has 1 saturated heterocycles. The van der Waals surface area contributed by atoms with Crippen LogP contribution < -0.4 is 0 Å². The zero-order valence-corrected chi connectivity index (χ0v) is 12.9. The fourth-order valence-corrected chi connectivity index (χ4v) is 2.91. The Labute approximate surface area is 131 Å². The van der Waals surface area contributed by atoms with Crippen LogP contribution in [-0.2, 0) is 11.2 Å². The number of likely N-dealkylation sites (N-methyl/N-ethyl adjacent to an activating group) is 1. The standard InChI is InChI=1S/C17H22N4O/c1-20-11-12-21(13-15(20)17-18-9-10-19-17)16(22)8-7-14-5-3-2-4-6-14/h2-6,9-10,15H,7-8,11-13H2,1H3,(H,18,19)/t15-/m1/s1. The molecule has 0 bridgehead atoms. The Morgan fingerprint density at radius 2 is 2.14 bits per heavy atom. The van der Waals surface area contributed by atoms with E-state index in [2.05, 4.69) is 34.0 Å². The number of piperazine rings is 1. The van der Waals surface area contributed by atoms with E-state index in [-0.39, 0.29) is 11.9 Å². The smallest absolute Gasteiger partial charge is 0.223 e. The number of H-pyrrole nitrogens is 1. The van der Waals surface area contributed by atoms with Crippen LogP contribution in [0, 0.1) is 0 Å². The first-order chi connectivity index (χ1) is 10.7. The van der Waals surface area contributed by atoms with Crippen molar-refractivity contribution in [2.45, 2.75) is 18.9 Å². The number of aromatic amines is 1. The lowest BCUT2D eigenvalue weighted by atomic mass is 10.1. The fourth-order valence-electron chi connectivity index (χ4n) is 2.91. The predicted molar refractivity (Wildman–Crippen MR) is 85.3 cm³/mol. The third kappa shape index (κ3) is 3.36. The van der Waals surface area contributed by atoms with Gasteiger partial charge in [-0.25, -0.2) is 4.98 Å². The van der Waals surface area contributed by atoms with Crippen LogP contribution in [0.15, 0.2) is 42.7 Å². The number of aromatic nitrogens is 2. The highest BCUT2D eigenvalue weighted by Crippen LogP contribution is 2.21. The molecule has 3 rings (SSSR count). The van der Waals surface area contributed by atoms with Crippen molar-refractivity contribution < 1.29 is 4.79 Å². The Hall–Kier alpha value is -2.14. The highest BCUT2D eigenvalue weighted by Gasteiger charge is 2.29. The lowest BCUT2D eigenvalue weighted by Gasteiger charge is -2.38. The predicted octanol–water partition coefficient (Wildman–Crippen LogP) is 1.86. The van der Waals surface area contributed by atoms with Crippen LogP contribution in [0.25, 0.3) is 0 Å². The minimum atomic E-state index is 0.157. The van der Waals surface area contributed by atoms with Gasteiger partial charge in [0.1, 0.15) is 5.82 Å². The second-order valence-corrected chi connectivity index (χ2v) is 5.80. The number of imidazole rings is 1. The number of aryl methyl sites for hydroxylation is 1. The van der Waals surface area contributed by atoms with Crippen LogP contribution in [0.2, 0.25) is 0 Å². The van der Waals surface area contributed by atoms with E-state index in [4.69, 9.17) is 0 Å². The van der Waals surface area contributed by atoms with Gasteiger partial charge in [-0.2, -0.15) is 0 Å². The molecule has 1 aliphatic rings. The zero-order chi connectivity index (χ0) is 15.4. The molecule has 0 radical (unpaired) electrons. The molecule has 5 nitrogen and oxygen atoms in total. The quantitative estimate of drug-likeness (QED) is 0.937. The van der Waals surface area contributed by atoms with E-state index < -0.39 is 0 Å². The van der Waals surface area contributed by atoms with Crippen molar-refractivity contribution in [3.63, 3.8) is 0 Å². The summed E-state index contributed by atoms with van der Waals surface area (Å²) in [6.07, 6.45) is 4.97. The summed E-state index contributed by atoms with van der Waals surface area (Å²) >= 11 is 0. The number of nitrogens with one attached hydrogen (secondary N) is 1. The van der Waals surface area contributed by atoms with Gasteiger partial charge in [-0.1, -0.05) is 30.3 Å². The summed E-state index contributed by atoms with van der Waals surface area (Å²) in [4.78, 5) is 24.2. The molecule has 1 N–H and O–H groups in total. The van der Waals surface area contributed by atoms with E-state index in [0.717, 1.165) is 25.3 Å². The highest BCUT2D eigenvalue weighted by molar-refractivity contribution is 5.76. The Morgan fingerprint density at radius 3 is 2.86 bits per heavy atom. The molecule has 2 heterocycles. The molecule has 1 aromatic carbocycles. The van der Waals surface area contributed by atoms with Crippen molar-refractivity contribution in [2.24, 2.45) is 0 Å². The minimum absolute atomic E-state index is 0.157. The highest BCUT2D eigenvalue weighted by atomic mass is 16.2. The SMILES string of the molecule is CN1CCN(C(=O)CCc2ccccc2)C[C@@H]1c1ncc[nH]1. The molecular weight excluding hydrogens is 276 g/mol. The van der Waals surface area contributed by atoms with E-state index in [0.29, 0.717) is 13.0 Å². The molecule has 1 amide bonds. The van der Waals surface area contributed by atoms with E-state index in [1.54, 1.807) is 6.20 Å². The van der Waals surface area contributed by atoms with Crippen molar-refractivity contribution in [1.82, 2.24) is 19.8 Å². The number of hydrogen-bond acceptors (Lipinski definition) is 3. The Kier molecular flexibility index (Phi) is 4.53. The number of nitrogens with zero attached hydrogens (tertiary/aromatic N) is 3. The van der Waals surface area contributed by atoms with Gasteiger partial charge < -0.3 is 9.88 Å². The van der Waals surface area contributed by atoms with Crippen LogP contribution in [0.5, 0.6) is 0 Å². The van der Waals surface area contributed by atoms with Gasteiger partial charge in [-0.3, -0.25) is 9.69 Å². The largest absolute Gasteiger partial charge is 0.347 e. The van der Waals surface area contributed by atoms with E-state index in [1.807, 2.05) is 29.3 Å². The first-order valence-corrected chi connectivity index (χ1v) is 7.75. The Balaban J connectivity index is 1.58. The summed E-state index contributed by atoms with van der Waals surface area (Å²) in [6, 6.07) is 10.3. The molecule has 1 aromatic heterocycles. The Morgan fingerprint density at radius 1 is 1.32 bits per heavy atom. The summed E-state index contributed by atoms with van der Waals surface area (Å²) in [5.74, 6) is 1.16. The summed E-state index contributed by atoms with van der Waals surface area (Å²) in [7, 11) is 2.08. The molecule has 0 spiro atoms. The van der Waals surface area contributed by atoms with E-state index in [1.165, 1.54) is 5.56 Å². The van der Waals surface area contributed by atoms with Gasteiger partial charge in [-0.15, -0.1) is 0 Å². The average molecular weight is 298 g/mol. The summed E-state index contributed by atoms with van der Waals surface area (Å²) in [6.45, 7) is 2.38. The van der Waals surface area contributed by atoms with E-state index >= 15 is 0 Å². The topological polar surface area (TPSA) is 52.2 Å². The molecule has 22 heavy (non-hydrogen) atoms. The van der Waals surface area contributed by atoms with Gasteiger partial charge in [0.15, 0.2) is 0 Å². The van der Waals surface area contributed by atoms with E-state index in [9.17, 15) is 4.79 Å². The molecular formula is C17H22N4O. The zero-order valence-electron chi connectivity index (χ0n) is 12.9. The maximum Gasteiger partial charge on any atom is 0.223 e. The summed E-state index contributed by atoms with van der Waals surface area (Å²) in [5.41, 5.74) is 1.22. The second kappa shape index (κ2) is 6.75. The van der Waals surface area contributed by atoms with Crippen LogP contribution in [0.3, 0.4) is 0 Å². The molecule has 1 aliphatic heterocycles. The van der Waals surface area contributed by atoms with Crippen molar-refractivity contribution >= 4 is 5.91 Å². The fraction of sp³-hybridized carbons (Fsp3) is 0.412. The number of amides is 1. The number of hydrogen-bond donors (Lipinski definition) is 1. The summed E-state index contributed by atoms with van der Waals surface area (Å²) < 4.78 is 0. The van der Waals surface area contributed by atoms with Gasteiger partial charge in [0.25, 0.3) is 0 Å². The first kappa shape index (κ1) is 14.8. The van der Waals surface area contributed by atoms with Crippen LogP contribution in [0.1, 0.15) is 23.9 Å². The van der Waals surface area contributed by atoms with Crippen LogP contribution in [0.4, 0.5) is 0 Å². The first-order valence-electron chi connectivity index (χ1n) is 7.75. The molecule has 0 aliphatic carbocycles. The molecule has 116 valence electrons. The number of benzene rings is 1. The molecule has 1 atom stereocenters. The molecule has 0 unspecified atom stereocenters. The lowest BCUT2D eigenvalue weighted by molar-refractivity contribution is -0.134. The van der Waals surface area contributed by atoms with Crippen molar-refractivity contribution in [2.75, 3.05) is 26.7 Å². The maximum atomic E-state index is 12.5. The number of carbonyl (C=O) groups excluding carboxylic acids is 1. The normalized spacial score (nSPS) is 19.3. The van der Waals surface area contributed by atoms with Crippen LogP contribution >= 0.6 is 0 Å². The van der Waals surface area contributed by atoms with Crippen LogP contribution in [-0.4, -0.2) is 52.4 Å². The minimum Gasteiger partial charge on any atom is -0.347 e. The maximum absolute atomic E-state index is 12.5. The number of rotatable bonds is 4. The van der Waals surface area contributed by atoms with Crippen molar-refractivity contribution in [1.29, 1.82) is 0 Å². The Bertz CT molecular complexity index is 596. The third-order valence-corrected chi connectivity index (χ3v) is 4.31. The van der Waals surface area contributed by atoms with Gasteiger partial charge in [0.2, 0.25) is 5.91 Å². The van der Waals surface area contributed by atoms with Gasteiger partial charge >= 0.3 is 0 Å². The van der Waals surface area contributed by atoms with Gasteiger partial charge in [0.05, 0.1) is 6.04 Å². The number of carbonyl (C=O) groups is 1. The molecule has 0 saturated carbocycles.